The summed E-state index contributed by atoms with van der Waals surface area (Å²) < 4.78 is 23.6. The van der Waals surface area contributed by atoms with Crippen molar-refractivity contribution in [2.24, 2.45) is 0 Å². The van der Waals surface area contributed by atoms with Gasteiger partial charge in [-0.05, 0) is 25.5 Å². The number of rotatable bonds is 3. The summed E-state index contributed by atoms with van der Waals surface area (Å²) in [7, 11) is 1.68. The van der Waals surface area contributed by atoms with Crippen LogP contribution in [0.5, 0.6) is 0 Å². The molecule has 3 aliphatic rings. The second-order valence-corrected chi connectivity index (χ2v) is 6.64. The van der Waals surface area contributed by atoms with Gasteiger partial charge in [0.05, 0.1) is 20.3 Å². The van der Waals surface area contributed by atoms with Gasteiger partial charge in [0.25, 0.3) is 0 Å². The molecule has 24 heavy (non-hydrogen) atoms. The molecule has 0 saturated carbocycles. The fourth-order valence-corrected chi connectivity index (χ4v) is 3.62. The topological polar surface area (TPSA) is 49.4 Å². The molecule has 3 heterocycles. The van der Waals surface area contributed by atoms with Gasteiger partial charge >= 0.3 is 0 Å². The van der Waals surface area contributed by atoms with Gasteiger partial charge in [-0.1, -0.05) is 30.3 Å². The maximum Gasteiger partial charge on any atom is 0.164 e. The highest BCUT2D eigenvalue weighted by molar-refractivity contribution is 5.27. The standard InChI is InChI=1S/C18H23NO5/c1-18(2)23-14-11-21-17(16(14)24-18)19-15(12-7-5-4-6-8-12)13(20-3)9-10-22-19/h4-9,14-17H,10-11H2,1-3H3/t14-,15-,16-,17-/m0/s1. The molecule has 0 unspecified atom stereocenters. The molecule has 0 aliphatic carbocycles. The highest BCUT2D eigenvalue weighted by atomic mass is 16.8. The number of fused-ring (bicyclic) bond motifs is 1. The molecule has 0 bridgehead atoms. The van der Waals surface area contributed by atoms with E-state index in [1.54, 1.807) is 7.11 Å². The van der Waals surface area contributed by atoms with Crippen LogP contribution in [0.15, 0.2) is 42.2 Å². The van der Waals surface area contributed by atoms with Crippen LogP contribution in [0.4, 0.5) is 0 Å². The zero-order valence-corrected chi connectivity index (χ0v) is 14.2. The number of hydrogen-bond acceptors (Lipinski definition) is 6. The summed E-state index contributed by atoms with van der Waals surface area (Å²) in [6.07, 6.45) is 1.33. The minimum atomic E-state index is -0.602. The Bertz CT molecular complexity index is 617. The van der Waals surface area contributed by atoms with Crippen molar-refractivity contribution in [1.82, 2.24) is 5.06 Å². The van der Waals surface area contributed by atoms with Crippen LogP contribution in [0.3, 0.4) is 0 Å². The van der Waals surface area contributed by atoms with E-state index < -0.39 is 5.79 Å². The van der Waals surface area contributed by atoms with Crippen molar-refractivity contribution < 1.29 is 23.8 Å². The highest BCUT2D eigenvalue weighted by Gasteiger charge is 2.54. The van der Waals surface area contributed by atoms with Crippen LogP contribution in [-0.2, 0) is 23.8 Å². The van der Waals surface area contributed by atoms with Gasteiger partial charge in [-0.25, -0.2) is 0 Å². The smallest absolute Gasteiger partial charge is 0.164 e. The number of ether oxygens (including phenoxy) is 4. The van der Waals surface area contributed by atoms with Gasteiger partial charge in [0.15, 0.2) is 12.0 Å². The Morgan fingerprint density at radius 1 is 1.17 bits per heavy atom. The van der Waals surface area contributed by atoms with Crippen LogP contribution in [0, 0.1) is 0 Å². The largest absolute Gasteiger partial charge is 0.499 e. The van der Waals surface area contributed by atoms with Gasteiger partial charge in [0.2, 0.25) is 0 Å². The van der Waals surface area contributed by atoms with Crippen LogP contribution < -0.4 is 0 Å². The Hall–Kier alpha value is -1.44. The van der Waals surface area contributed by atoms with Crippen molar-refractivity contribution in [3.63, 3.8) is 0 Å². The third-order valence-corrected chi connectivity index (χ3v) is 4.57. The summed E-state index contributed by atoms with van der Waals surface area (Å²) in [5, 5.41) is 1.85. The van der Waals surface area contributed by atoms with Crippen molar-refractivity contribution in [3.8, 4) is 0 Å². The van der Waals surface area contributed by atoms with Crippen molar-refractivity contribution in [2.45, 2.75) is 44.1 Å². The molecule has 4 rings (SSSR count). The molecular formula is C18H23NO5. The molecule has 130 valence electrons. The van der Waals surface area contributed by atoms with Crippen molar-refractivity contribution in [1.29, 1.82) is 0 Å². The number of benzene rings is 1. The highest BCUT2D eigenvalue weighted by Crippen LogP contribution is 2.41. The first-order valence-electron chi connectivity index (χ1n) is 8.26. The lowest BCUT2D eigenvalue weighted by Crippen LogP contribution is -2.48. The predicted molar refractivity (Wildman–Crippen MR) is 85.6 cm³/mol. The minimum Gasteiger partial charge on any atom is -0.499 e. The van der Waals surface area contributed by atoms with E-state index in [0.717, 1.165) is 11.3 Å². The lowest BCUT2D eigenvalue weighted by molar-refractivity contribution is -0.293. The van der Waals surface area contributed by atoms with E-state index >= 15 is 0 Å². The molecule has 1 aromatic carbocycles. The van der Waals surface area contributed by atoms with Gasteiger partial charge < -0.3 is 18.9 Å². The van der Waals surface area contributed by atoms with E-state index in [-0.39, 0.29) is 24.5 Å². The monoisotopic (exact) mass is 333 g/mol. The summed E-state index contributed by atoms with van der Waals surface area (Å²) in [6.45, 7) is 4.78. The molecule has 4 atom stereocenters. The second kappa shape index (κ2) is 6.13. The fourth-order valence-electron chi connectivity index (χ4n) is 3.62. The quantitative estimate of drug-likeness (QED) is 0.846. The summed E-state index contributed by atoms with van der Waals surface area (Å²) in [6, 6.07) is 9.94. The van der Waals surface area contributed by atoms with Crippen LogP contribution in [0.1, 0.15) is 25.5 Å². The molecule has 3 aliphatic heterocycles. The molecule has 2 fully saturated rings. The first-order valence-corrected chi connectivity index (χ1v) is 8.26. The molecule has 0 radical (unpaired) electrons. The fraction of sp³-hybridized carbons (Fsp3) is 0.556. The number of methoxy groups -OCH3 is 1. The zero-order valence-electron chi connectivity index (χ0n) is 14.2. The molecule has 6 heteroatoms. The van der Waals surface area contributed by atoms with Crippen molar-refractivity contribution in [3.05, 3.63) is 47.7 Å². The average Bonchev–Trinajstić information content (AvgIpc) is 3.09. The SMILES string of the molecule is COC1=CCON([C@H]2OC[C@@H]3OC(C)(C)O[C@@H]32)[C@H]1c1ccccc1. The first kappa shape index (κ1) is 16.1. The summed E-state index contributed by atoms with van der Waals surface area (Å²) in [4.78, 5) is 5.95. The van der Waals surface area contributed by atoms with Crippen LogP contribution in [-0.4, -0.2) is 49.6 Å². The zero-order chi connectivity index (χ0) is 16.7. The second-order valence-electron chi connectivity index (χ2n) is 6.64. The van der Waals surface area contributed by atoms with Gasteiger partial charge in [-0.15, -0.1) is 5.06 Å². The molecule has 6 nitrogen and oxygen atoms in total. The molecule has 0 spiro atoms. The molecule has 0 amide bonds. The Balaban J connectivity index is 1.65. The molecule has 2 saturated heterocycles. The van der Waals surface area contributed by atoms with Crippen molar-refractivity contribution in [2.75, 3.05) is 20.3 Å². The Kier molecular flexibility index (Phi) is 4.10. The lowest BCUT2D eigenvalue weighted by atomic mass is 10.0. The molecule has 0 aromatic heterocycles. The number of hydrogen-bond donors (Lipinski definition) is 0. The van der Waals surface area contributed by atoms with Gasteiger partial charge in [-0.2, -0.15) is 0 Å². The molecule has 1 aromatic rings. The van der Waals surface area contributed by atoms with Gasteiger partial charge in [0, 0.05) is 0 Å². The minimum absolute atomic E-state index is 0.0816. The van der Waals surface area contributed by atoms with Crippen LogP contribution in [0.25, 0.3) is 0 Å². The van der Waals surface area contributed by atoms with Crippen LogP contribution >= 0.6 is 0 Å². The van der Waals surface area contributed by atoms with E-state index in [2.05, 4.69) is 12.1 Å². The predicted octanol–water partition coefficient (Wildman–Crippen LogP) is 2.38. The summed E-state index contributed by atoms with van der Waals surface area (Å²) in [5.74, 6) is 0.243. The average molecular weight is 333 g/mol. The van der Waals surface area contributed by atoms with Crippen LogP contribution in [0.2, 0.25) is 0 Å². The molecular weight excluding hydrogens is 310 g/mol. The number of hydroxylamine groups is 2. The third-order valence-electron chi connectivity index (χ3n) is 4.57. The van der Waals surface area contributed by atoms with E-state index in [1.165, 1.54) is 0 Å². The van der Waals surface area contributed by atoms with E-state index in [1.807, 2.05) is 43.2 Å². The lowest BCUT2D eigenvalue weighted by Gasteiger charge is -2.39. The Morgan fingerprint density at radius 3 is 2.71 bits per heavy atom. The maximum atomic E-state index is 6.06. The van der Waals surface area contributed by atoms with E-state index in [4.69, 9.17) is 23.8 Å². The van der Waals surface area contributed by atoms with E-state index in [9.17, 15) is 0 Å². The van der Waals surface area contributed by atoms with Crippen molar-refractivity contribution >= 4 is 0 Å². The summed E-state index contributed by atoms with van der Waals surface area (Å²) >= 11 is 0. The first-order chi connectivity index (χ1) is 11.6. The molecule has 0 N–H and O–H groups in total. The normalized spacial score (nSPS) is 35.5. The Morgan fingerprint density at radius 2 is 1.96 bits per heavy atom. The third kappa shape index (κ3) is 2.74. The Labute approximate surface area is 141 Å². The van der Waals surface area contributed by atoms with Gasteiger partial charge in [-0.3, -0.25) is 4.84 Å². The van der Waals surface area contributed by atoms with E-state index in [0.29, 0.717) is 13.2 Å². The van der Waals surface area contributed by atoms with Gasteiger partial charge in [0.1, 0.15) is 24.0 Å². The number of nitrogens with zero attached hydrogens (tertiary/aromatic N) is 1. The summed E-state index contributed by atoms with van der Waals surface area (Å²) in [5.41, 5.74) is 1.08. The maximum absolute atomic E-state index is 6.06.